The van der Waals surface area contributed by atoms with Gasteiger partial charge in [-0.05, 0) is 18.4 Å². The van der Waals surface area contributed by atoms with Crippen LogP contribution in [-0.4, -0.2) is 31.9 Å². The van der Waals surface area contributed by atoms with E-state index < -0.39 is 10.4 Å². The maximum absolute atomic E-state index is 12.7. The first-order chi connectivity index (χ1) is 8.55. The second kappa shape index (κ2) is 5.77. The summed E-state index contributed by atoms with van der Waals surface area (Å²) in [5.41, 5.74) is 1.19. The van der Waals surface area contributed by atoms with E-state index in [-0.39, 0.29) is 19.1 Å². The summed E-state index contributed by atoms with van der Waals surface area (Å²) < 4.78 is 35.0. The van der Waals surface area contributed by atoms with Crippen molar-refractivity contribution >= 4 is 10.4 Å². The molecule has 1 aliphatic heterocycles. The summed E-state index contributed by atoms with van der Waals surface area (Å²) in [6.45, 7) is 1.27. The second-order valence-electron chi connectivity index (χ2n) is 4.48. The molecule has 6 heteroatoms. The van der Waals surface area contributed by atoms with E-state index in [9.17, 15) is 12.3 Å². The van der Waals surface area contributed by atoms with E-state index in [1.54, 1.807) is 0 Å². The minimum atomic E-state index is -4.51. The molecule has 1 aromatic rings. The molecule has 0 atom stereocenters. The van der Waals surface area contributed by atoms with Crippen LogP contribution in [0.1, 0.15) is 18.4 Å². The van der Waals surface area contributed by atoms with Crippen molar-refractivity contribution in [3.05, 3.63) is 35.9 Å². The number of benzene rings is 1. The van der Waals surface area contributed by atoms with Crippen molar-refractivity contribution < 1.29 is 12.3 Å². The summed E-state index contributed by atoms with van der Waals surface area (Å²) in [5, 5.41) is 3.37. The van der Waals surface area contributed by atoms with Crippen LogP contribution < -0.4 is 5.32 Å². The van der Waals surface area contributed by atoms with E-state index in [2.05, 4.69) is 5.32 Å². The Morgan fingerprint density at radius 1 is 1.22 bits per heavy atom. The van der Waals surface area contributed by atoms with Gasteiger partial charge in [-0.3, -0.25) is 0 Å². The summed E-state index contributed by atoms with van der Waals surface area (Å²) in [6, 6.07) is 10.3. The maximum Gasteiger partial charge on any atom is 0.374 e. The average Bonchev–Trinajstić information content (AvgIpc) is 2.37. The predicted octanol–water partition coefficient (Wildman–Crippen LogP) is 1.45. The Balaban J connectivity index is 1.78. The van der Waals surface area contributed by atoms with Crippen molar-refractivity contribution in [1.29, 1.82) is 0 Å². The fourth-order valence-electron chi connectivity index (χ4n) is 2.14. The standard InChI is InChI=1S/C12H17FN2O2S/c13-18(16,17)15-8-6-12(7-9-15)14-10-11-4-2-1-3-5-11/h1-5,12,14H,6-10H2. The molecule has 1 saturated heterocycles. The molecule has 0 spiro atoms. The van der Waals surface area contributed by atoms with Gasteiger partial charge in [0, 0.05) is 25.7 Å². The highest BCUT2D eigenvalue weighted by molar-refractivity contribution is 7.83. The smallest absolute Gasteiger partial charge is 0.310 e. The summed E-state index contributed by atoms with van der Waals surface area (Å²) in [7, 11) is -4.51. The van der Waals surface area contributed by atoms with Crippen molar-refractivity contribution in [1.82, 2.24) is 9.62 Å². The average molecular weight is 272 g/mol. The zero-order chi connectivity index (χ0) is 13.0. The van der Waals surface area contributed by atoms with Crippen LogP contribution >= 0.6 is 0 Å². The molecule has 4 nitrogen and oxygen atoms in total. The molecule has 0 aromatic heterocycles. The van der Waals surface area contributed by atoms with Crippen LogP contribution in [0.25, 0.3) is 0 Å². The van der Waals surface area contributed by atoms with Gasteiger partial charge in [0.2, 0.25) is 0 Å². The van der Waals surface area contributed by atoms with Crippen LogP contribution in [-0.2, 0) is 17.0 Å². The lowest BCUT2D eigenvalue weighted by Gasteiger charge is -2.29. The van der Waals surface area contributed by atoms with Gasteiger partial charge < -0.3 is 5.32 Å². The van der Waals surface area contributed by atoms with Crippen LogP contribution in [0, 0.1) is 0 Å². The van der Waals surface area contributed by atoms with E-state index in [0.29, 0.717) is 12.8 Å². The van der Waals surface area contributed by atoms with Gasteiger partial charge >= 0.3 is 10.4 Å². The molecule has 1 N–H and O–H groups in total. The fourth-order valence-corrected chi connectivity index (χ4v) is 2.78. The number of hydrogen-bond acceptors (Lipinski definition) is 3. The lowest BCUT2D eigenvalue weighted by atomic mass is 10.1. The molecule has 0 radical (unpaired) electrons. The molecule has 0 bridgehead atoms. The van der Waals surface area contributed by atoms with E-state index in [0.717, 1.165) is 10.8 Å². The molecule has 100 valence electrons. The molecular weight excluding hydrogens is 255 g/mol. The summed E-state index contributed by atoms with van der Waals surface area (Å²) in [6.07, 6.45) is 1.30. The van der Waals surface area contributed by atoms with Crippen LogP contribution in [0.5, 0.6) is 0 Å². The summed E-state index contributed by atoms with van der Waals surface area (Å²) in [5.74, 6) is 0. The molecule has 1 aromatic carbocycles. The Kier molecular flexibility index (Phi) is 4.31. The molecular formula is C12H17FN2O2S. The van der Waals surface area contributed by atoms with Gasteiger partial charge in [-0.15, -0.1) is 0 Å². The minimum Gasteiger partial charge on any atom is -0.310 e. The van der Waals surface area contributed by atoms with Crippen molar-refractivity contribution in [2.75, 3.05) is 13.1 Å². The zero-order valence-corrected chi connectivity index (χ0v) is 10.9. The van der Waals surface area contributed by atoms with Crippen LogP contribution in [0.4, 0.5) is 3.89 Å². The van der Waals surface area contributed by atoms with Crippen molar-refractivity contribution in [3.63, 3.8) is 0 Å². The van der Waals surface area contributed by atoms with Gasteiger partial charge in [0.25, 0.3) is 0 Å². The first-order valence-electron chi connectivity index (χ1n) is 6.03. The molecule has 2 rings (SSSR count). The molecule has 1 aliphatic rings. The zero-order valence-electron chi connectivity index (χ0n) is 10.0. The molecule has 0 saturated carbocycles. The molecule has 1 heterocycles. The lowest BCUT2D eigenvalue weighted by molar-refractivity contribution is 0.279. The number of rotatable bonds is 4. The Bertz CT molecular complexity index is 470. The Hall–Kier alpha value is -0.980. The van der Waals surface area contributed by atoms with E-state index in [4.69, 9.17) is 0 Å². The number of hydrogen-bond donors (Lipinski definition) is 1. The fraction of sp³-hybridized carbons (Fsp3) is 0.500. The van der Waals surface area contributed by atoms with Gasteiger partial charge in [-0.1, -0.05) is 34.2 Å². The van der Waals surface area contributed by atoms with E-state index in [1.165, 1.54) is 5.56 Å². The number of nitrogens with one attached hydrogen (secondary N) is 1. The quantitative estimate of drug-likeness (QED) is 0.844. The Morgan fingerprint density at radius 2 is 1.83 bits per heavy atom. The Morgan fingerprint density at radius 3 is 2.39 bits per heavy atom. The first-order valence-corrected chi connectivity index (χ1v) is 7.37. The number of halogens is 1. The van der Waals surface area contributed by atoms with Gasteiger partial charge in [0.1, 0.15) is 0 Å². The SMILES string of the molecule is O=S(=O)(F)N1CCC(NCc2ccccc2)CC1. The third-order valence-corrected chi connectivity index (χ3v) is 4.18. The van der Waals surface area contributed by atoms with Crippen molar-refractivity contribution in [2.45, 2.75) is 25.4 Å². The van der Waals surface area contributed by atoms with Gasteiger partial charge in [-0.2, -0.15) is 12.7 Å². The third-order valence-electron chi connectivity index (χ3n) is 3.20. The number of nitrogens with zero attached hydrogens (tertiary/aromatic N) is 1. The summed E-state index contributed by atoms with van der Waals surface area (Å²) in [4.78, 5) is 0. The monoisotopic (exact) mass is 272 g/mol. The van der Waals surface area contributed by atoms with Crippen LogP contribution in [0.2, 0.25) is 0 Å². The summed E-state index contributed by atoms with van der Waals surface area (Å²) >= 11 is 0. The van der Waals surface area contributed by atoms with Crippen molar-refractivity contribution in [3.8, 4) is 0 Å². The topological polar surface area (TPSA) is 49.4 Å². The maximum atomic E-state index is 12.7. The highest BCUT2D eigenvalue weighted by Crippen LogP contribution is 2.15. The van der Waals surface area contributed by atoms with Gasteiger partial charge in [-0.25, -0.2) is 0 Å². The lowest BCUT2D eigenvalue weighted by Crippen LogP contribution is -2.43. The first kappa shape index (κ1) is 13.5. The van der Waals surface area contributed by atoms with E-state index >= 15 is 0 Å². The molecule has 1 fully saturated rings. The molecule has 18 heavy (non-hydrogen) atoms. The third kappa shape index (κ3) is 3.76. The highest BCUT2D eigenvalue weighted by atomic mass is 32.3. The van der Waals surface area contributed by atoms with Crippen LogP contribution in [0.15, 0.2) is 30.3 Å². The van der Waals surface area contributed by atoms with Gasteiger partial charge in [0.15, 0.2) is 0 Å². The predicted molar refractivity (Wildman–Crippen MR) is 67.9 cm³/mol. The molecule has 0 amide bonds. The highest BCUT2D eigenvalue weighted by Gasteiger charge is 2.27. The normalized spacial score (nSPS) is 18.9. The largest absolute Gasteiger partial charge is 0.374 e. The van der Waals surface area contributed by atoms with Crippen molar-refractivity contribution in [2.24, 2.45) is 0 Å². The van der Waals surface area contributed by atoms with Gasteiger partial charge in [0.05, 0.1) is 0 Å². The van der Waals surface area contributed by atoms with E-state index in [1.807, 2.05) is 30.3 Å². The second-order valence-corrected chi connectivity index (χ2v) is 5.82. The van der Waals surface area contributed by atoms with Crippen LogP contribution in [0.3, 0.4) is 0 Å². The molecule has 0 unspecified atom stereocenters. The Labute approximate surface area is 107 Å². The number of piperidine rings is 1. The minimum absolute atomic E-state index is 0.253. The molecule has 0 aliphatic carbocycles.